The van der Waals surface area contributed by atoms with Gasteiger partial charge < -0.3 is 20.1 Å². The standard InChI is InChI=1S/C15H30N2O3/c1-5-19-13-7-9-17(10-8-13)12(3)11-15(4,16)14(18)20-6-2/h12-13H,5-11,16H2,1-4H3. The van der Waals surface area contributed by atoms with Crippen molar-refractivity contribution in [3.8, 4) is 0 Å². The lowest BCUT2D eigenvalue weighted by Gasteiger charge is -2.38. The van der Waals surface area contributed by atoms with Crippen molar-refractivity contribution in [2.45, 2.75) is 64.6 Å². The highest BCUT2D eigenvalue weighted by Crippen LogP contribution is 2.21. The van der Waals surface area contributed by atoms with Gasteiger partial charge in [0.1, 0.15) is 5.54 Å². The Morgan fingerprint density at radius 2 is 1.95 bits per heavy atom. The van der Waals surface area contributed by atoms with E-state index in [2.05, 4.69) is 11.8 Å². The van der Waals surface area contributed by atoms with E-state index >= 15 is 0 Å². The zero-order chi connectivity index (χ0) is 15.2. The summed E-state index contributed by atoms with van der Waals surface area (Å²) in [6.45, 7) is 10.9. The lowest BCUT2D eigenvalue weighted by Crippen LogP contribution is -2.52. The summed E-state index contributed by atoms with van der Waals surface area (Å²) in [6.07, 6.45) is 3.11. The molecule has 1 heterocycles. The van der Waals surface area contributed by atoms with Crippen LogP contribution in [0.1, 0.15) is 47.0 Å². The summed E-state index contributed by atoms with van der Waals surface area (Å²) in [7, 11) is 0. The van der Waals surface area contributed by atoms with Gasteiger partial charge in [0.2, 0.25) is 0 Å². The second-order valence-corrected chi connectivity index (χ2v) is 5.88. The molecule has 118 valence electrons. The first-order chi connectivity index (χ1) is 9.40. The molecule has 2 N–H and O–H groups in total. The highest BCUT2D eigenvalue weighted by Gasteiger charge is 2.34. The highest BCUT2D eigenvalue weighted by molar-refractivity contribution is 5.80. The largest absolute Gasteiger partial charge is 0.465 e. The van der Waals surface area contributed by atoms with E-state index < -0.39 is 5.54 Å². The van der Waals surface area contributed by atoms with Crippen LogP contribution in [-0.4, -0.2) is 54.9 Å². The number of hydrogen-bond acceptors (Lipinski definition) is 5. The van der Waals surface area contributed by atoms with Gasteiger partial charge in [0.05, 0.1) is 12.7 Å². The third-order valence-corrected chi connectivity index (χ3v) is 3.96. The van der Waals surface area contributed by atoms with E-state index in [4.69, 9.17) is 15.2 Å². The molecule has 0 bridgehead atoms. The summed E-state index contributed by atoms with van der Waals surface area (Å²) < 4.78 is 10.7. The second kappa shape index (κ2) is 7.96. The number of likely N-dealkylation sites (tertiary alicyclic amines) is 1. The van der Waals surface area contributed by atoms with Gasteiger partial charge in [-0.15, -0.1) is 0 Å². The molecule has 0 amide bonds. The monoisotopic (exact) mass is 286 g/mol. The molecule has 1 rings (SSSR count). The number of carbonyl (C=O) groups excluding carboxylic acids is 1. The van der Waals surface area contributed by atoms with Crippen molar-refractivity contribution < 1.29 is 14.3 Å². The molecule has 1 aliphatic heterocycles. The zero-order valence-electron chi connectivity index (χ0n) is 13.4. The smallest absolute Gasteiger partial charge is 0.325 e. The van der Waals surface area contributed by atoms with Crippen LogP contribution in [0.25, 0.3) is 0 Å². The fourth-order valence-electron chi connectivity index (χ4n) is 2.84. The van der Waals surface area contributed by atoms with Gasteiger partial charge in [0, 0.05) is 25.7 Å². The van der Waals surface area contributed by atoms with Crippen molar-refractivity contribution in [3.05, 3.63) is 0 Å². The van der Waals surface area contributed by atoms with E-state index in [9.17, 15) is 4.79 Å². The summed E-state index contributed by atoms with van der Waals surface area (Å²) in [5.41, 5.74) is 5.19. The van der Waals surface area contributed by atoms with Gasteiger partial charge in [0.25, 0.3) is 0 Å². The van der Waals surface area contributed by atoms with Crippen molar-refractivity contribution in [1.82, 2.24) is 4.90 Å². The zero-order valence-corrected chi connectivity index (χ0v) is 13.4. The van der Waals surface area contributed by atoms with Crippen LogP contribution in [0.15, 0.2) is 0 Å². The van der Waals surface area contributed by atoms with Gasteiger partial charge >= 0.3 is 5.97 Å². The minimum atomic E-state index is -0.911. The number of piperidine rings is 1. The molecule has 1 saturated heterocycles. The summed E-state index contributed by atoms with van der Waals surface area (Å²) >= 11 is 0. The van der Waals surface area contributed by atoms with Crippen LogP contribution in [0.4, 0.5) is 0 Å². The Hall–Kier alpha value is -0.650. The molecule has 0 radical (unpaired) electrons. The maximum atomic E-state index is 11.8. The average molecular weight is 286 g/mol. The molecular formula is C15H30N2O3. The lowest BCUT2D eigenvalue weighted by atomic mass is 9.93. The Labute approximate surface area is 122 Å². The van der Waals surface area contributed by atoms with E-state index in [1.54, 1.807) is 13.8 Å². The minimum absolute atomic E-state index is 0.275. The van der Waals surface area contributed by atoms with Gasteiger partial charge in [-0.1, -0.05) is 0 Å². The maximum Gasteiger partial charge on any atom is 0.325 e. The molecule has 0 saturated carbocycles. The van der Waals surface area contributed by atoms with Gasteiger partial charge in [-0.25, -0.2) is 0 Å². The molecule has 1 fully saturated rings. The molecule has 1 aliphatic rings. The quantitative estimate of drug-likeness (QED) is 0.719. The number of rotatable bonds is 7. The van der Waals surface area contributed by atoms with Crippen molar-refractivity contribution >= 4 is 5.97 Å². The van der Waals surface area contributed by atoms with Crippen LogP contribution in [0.3, 0.4) is 0 Å². The van der Waals surface area contributed by atoms with E-state index in [1.165, 1.54) is 0 Å². The predicted molar refractivity (Wildman–Crippen MR) is 79.5 cm³/mol. The summed E-state index contributed by atoms with van der Waals surface area (Å²) in [6, 6.07) is 0.275. The number of hydrogen-bond donors (Lipinski definition) is 1. The highest BCUT2D eigenvalue weighted by atomic mass is 16.5. The van der Waals surface area contributed by atoms with Crippen molar-refractivity contribution in [2.75, 3.05) is 26.3 Å². The van der Waals surface area contributed by atoms with E-state index in [0.717, 1.165) is 32.5 Å². The van der Waals surface area contributed by atoms with Crippen molar-refractivity contribution in [1.29, 1.82) is 0 Å². The molecule has 0 aromatic heterocycles. The average Bonchev–Trinajstić information content (AvgIpc) is 2.39. The van der Waals surface area contributed by atoms with Crippen LogP contribution < -0.4 is 5.73 Å². The molecule has 20 heavy (non-hydrogen) atoms. The fourth-order valence-corrected chi connectivity index (χ4v) is 2.84. The summed E-state index contributed by atoms with van der Waals surface area (Å²) in [4.78, 5) is 14.2. The lowest BCUT2D eigenvalue weighted by molar-refractivity contribution is -0.149. The minimum Gasteiger partial charge on any atom is -0.465 e. The normalized spacial score (nSPS) is 22.2. The Kier molecular flexibility index (Phi) is 6.92. The van der Waals surface area contributed by atoms with E-state index in [0.29, 0.717) is 19.1 Å². The topological polar surface area (TPSA) is 64.8 Å². The van der Waals surface area contributed by atoms with Gasteiger partial charge in [0.15, 0.2) is 0 Å². The number of ether oxygens (including phenoxy) is 2. The van der Waals surface area contributed by atoms with Gasteiger partial charge in [-0.05, 0) is 47.0 Å². The first-order valence-corrected chi connectivity index (χ1v) is 7.72. The Bertz CT molecular complexity index is 299. The Morgan fingerprint density at radius 3 is 2.45 bits per heavy atom. The van der Waals surface area contributed by atoms with Gasteiger partial charge in [-0.2, -0.15) is 0 Å². The number of nitrogens with two attached hydrogens (primary N) is 1. The molecule has 2 unspecified atom stereocenters. The number of carbonyl (C=O) groups is 1. The SMILES string of the molecule is CCOC(=O)C(C)(N)CC(C)N1CCC(OCC)CC1. The van der Waals surface area contributed by atoms with E-state index in [1.807, 2.05) is 6.92 Å². The molecular weight excluding hydrogens is 256 g/mol. The third kappa shape index (κ3) is 5.04. The maximum absolute atomic E-state index is 11.8. The second-order valence-electron chi connectivity index (χ2n) is 5.88. The van der Waals surface area contributed by atoms with Crippen LogP contribution in [0, 0.1) is 0 Å². The first kappa shape index (κ1) is 17.4. The molecule has 0 spiro atoms. The number of nitrogens with zero attached hydrogens (tertiary/aromatic N) is 1. The van der Waals surface area contributed by atoms with Crippen LogP contribution >= 0.6 is 0 Å². The fraction of sp³-hybridized carbons (Fsp3) is 0.933. The molecule has 2 atom stereocenters. The third-order valence-electron chi connectivity index (χ3n) is 3.96. The van der Waals surface area contributed by atoms with Crippen molar-refractivity contribution in [2.24, 2.45) is 5.73 Å². The Morgan fingerprint density at radius 1 is 1.35 bits per heavy atom. The summed E-state index contributed by atoms with van der Waals surface area (Å²) in [5, 5.41) is 0. The molecule has 0 aromatic rings. The van der Waals surface area contributed by atoms with Crippen molar-refractivity contribution in [3.63, 3.8) is 0 Å². The van der Waals surface area contributed by atoms with Crippen LogP contribution in [0.5, 0.6) is 0 Å². The molecule has 0 aliphatic carbocycles. The molecule has 5 heteroatoms. The van der Waals surface area contributed by atoms with Gasteiger partial charge in [-0.3, -0.25) is 4.79 Å². The first-order valence-electron chi connectivity index (χ1n) is 7.72. The van der Waals surface area contributed by atoms with E-state index in [-0.39, 0.29) is 12.0 Å². The molecule has 0 aromatic carbocycles. The Balaban J connectivity index is 2.43. The summed E-state index contributed by atoms with van der Waals surface area (Å²) in [5.74, 6) is -0.309. The van der Waals surface area contributed by atoms with Crippen LogP contribution in [-0.2, 0) is 14.3 Å². The molecule has 5 nitrogen and oxygen atoms in total. The predicted octanol–water partition coefficient (Wildman–Crippen LogP) is 1.55. The van der Waals surface area contributed by atoms with Crippen LogP contribution in [0.2, 0.25) is 0 Å². The number of esters is 1.